The number of thioether (sulfide) groups is 1. The number of nitrogens with one attached hydrogen (secondary N) is 1. The van der Waals surface area contributed by atoms with Gasteiger partial charge in [-0.2, -0.15) is 4.98 Å². The standard InChI is InChI=1S/C26H36N4O6S/c1-26(2,3)36-25(34)29(16-19-10-6-4-7-11-19)14-9-5-8-12-21(32)27-20-13-15-30(24(33)28-20)22-18-37-23(17-31)35-22/h4,6-7,10-11,13,15,22-23,31H,5,8-9,12,14,16-18H2,1-3H3,(H,27,28,32,33)/t22-,23+/m1/s1. The number of amides is 2. The van der Waals surface area contributed by atoms with Crippen LogP contribution in [0.15, 0.2) is 47.4 Å². The van der Waals surface area contributed by atoms with Gasteiger partial charge in [0.25, 0.3) is 0 Å². The third-order valence-corrected chi connectivity index (χ3v) is 6.60. The molecule has 202 valence electrons. The smallest absolute Gasteiger partial charge is 0.410 e. The average molecular weight is 533 g/mol. The maximum Gasteiger partial charge on any atom is 0.410 e. The van der Waals surface area contributed by atoms with E-state index >= 15 is 0 Å². The number of hydrogen-bond donors (Lipinski definition) is 2. The molecule has 0 saturated carbocycles. The Balaban J connectivity index is 1.43. The molecule has 3 rings (SSSR count). The van der Waals surface area contributed by atoms with Crippen molar-refractivity contribution in [1.82, 2.24) is 14.5 Å². The molecule has 2 atom stereocenters. The Bertz CT molecular complexity index is 1090. The summed E-state index contributed by atoms with van der Waals surface area (Å²) < 4.78 is 12.5. The number of rotatable bonds is 11. The van der Waals surface area contributed by atoms with E-state index in [1.54, 1.807) is 11.0 Å². The van der Waals surface area contributed by atoms with Crippen molar-refractivity contribution in [2.45, 2.75) is 70.3 Å². The molecule has 37 heavy (non-hydrogen) atoms. The van der Waals surface area contributed by atoms with E-state index in [2.05, 4.69) is 10.3 Å². The zero-order valence-corrected chi connectivity index (χ0v) is 22.4. The van der Waals surface area contributed by atoms with Gasteiger partial charge in [0.1, 0.15) is 23.1 Å². The minimum atomic E-state index is -0.580. The summed E-state index contributed by atoms with van der Waals surface area (Å²) in [6, 6.07) is 11.3. The van der Waals surface area contributed by atoms with Crippen LogP contribution in [-0.2, 0) is 20.8 Å². The molecular weight excluding hydrogens is 496 g/mol. The molecule has 1 aromatic carbocycles. The molecule has 0 spiro atoms. The lowest BCUT2D eigenvalue weighted by molar-refractivity contribution is -0.116. The van der Waals surface area contributed by atoms with Gasteiger partial charge in [-0.15, -0.1) is 11.8 Å². The maximum absolute atomic E-state index is 12.7. The minimum Gasteiger partial charge on any atom is -0.444 e. The number of carbonyl (C=O) groups excluding carboxylic acids is 2. The predicted molar refractivity (Wildman–Crippen MR) is 142 cm³/mol. The molecule has 0 aliphatic carbocycles. The van der Waals surface area contributed by atoms with E-state index in [0.29, 0.717) is 25.3 Å². The summed E-state index contributed by atoms with van der Waals surface area (Å²) in [5, 5.41) is 11.8. The highest BCUT2D eigenvalue weighted by Gasteiger charge is 2.27. The molecule has 1 aliphatic rings. The molecule has 1 saturated heterocycles. The number of nitrogens with zero attached hydrogens (tertiary/aromatic N) is 3. The van der Waals surface area contributed by atoms with Gasteiger partial charge in [-0.3, -0.25) is 9.36 Å². The SMILES string of the molecule is CC(C)(C)OC(=O)N(CCCCCC(=O)Nc1ccn([C@H]2CS[C@@H](CO)O2)c(=O)n1)Cc1ccccc1. The van der Waals surface area contributed by atoms with Gasteiger partial charge in [0.2, 0.25) is 5.91 Å². The van der Waals surface area contributed by atoms with E-state index in [4.69, 9.17) is 9.47 Å². The van der Waals surface area contributed by atoms with Crippen LogP contribution in [0.2, 0.25) is 0 Å². The highest BCUT2D eigenvalue weighted by atomic mass is 32.2. The van der Waals surface area contributed by atoms with Crippen molar-refractivity contribution in [2.24, 2.45) is 0 Å². The quantitative estimate of drug-likeness (QED) is 0.420. The van der Waals surface area contributed by atoms with Crippen LogP contribution < -0.4 is 11.0 Å². The second kappa shape index (κ2) is 13.6. The lowest BCUT2D eigenvalue weighted by atomic mass is 10.1. The van der Waals surface area contributed by atoms with E-state index in [1.165, 1.54) is 22.5 Å². The monoisotopic (exact) mass is 532 g/mol. The zero-order chi connectivity index (χ0) is 26.8. The molecule has 1 aliphatic heterocycles. The summed E-state index contributed by atoms with van der Waals surface area (Å²) in [5.74, 6) is 0.496. The van der Waals surface area contributed by atoms with E-state index in [0.717, 1.165) is 18.4 Å². The Morgan fingerprint density at radius 1 is 1.22 bits per heavy atom. The fourth-order valence-corrected chi connectivity index (χ4v) is 4.65. The second-order valence-electron chi connectivity index (χ2n) is 9.79. The normalized spacial score (nSPS) is 17.4. The van der Waals surface area contributed by atoms with Gasteiger partial charge in [-0.05, 0) is 45.2 Å². The molecule has 1 aromatic heterocycles. The molecule has 10 nitrogen and oxygen atoms in total. The van der Waals surface area contributed by atoms with Crippen LogP contribution in [-0.4, -0.2) is 61.5 Å². The third-order valence-electron chi connectivity index (χ3n) is 5.49. The predicted octanol–water partition coefficient (Wildman–Crippen LogP) is 3.76. The Kier molecular flexibility index (Phi) is 10.5. The first-order valence-electron chi connectivity index (χ1n) is 12.4. The zero-order valence-electron chi connectivity index (χ0n) is 21.6. The number of aromatic nitrogens is 2. The fourth-order valence-electron chi connectivity index (χ4n) is 3.72. The van der Waals surface area contributed by atoms with E-state index in [-0.39, 0.29) is 36.3 Å². The lowest BCUT2D eigenvalue weighted by Crippen LogP contribution is -2.37. The van der Waals surface area contributed by atoms with Gasteiger partial charge >= 0.3 is 11.8 Å². The molecule has 2 aromatic rings. The largest absolute Gasteiger partial charge is 0.444 e. The van der Waals surface area contributed by atoms with Gasteiger partial charge in [0.05, 0.1) is 6.61 Å². The van der Waals surface area contributed by atoms with Crippen LogP contribution in [0.1, 0.15) is 58.2 Å². The molecule has 2 N–H and O–H groups in total. The Hall–Kier alpha value is -2.89. The molecule has 0 radical (unpaired) electrons. The molecule has 0 unspecified atom stereocenters. The van der Waals surface area contributed by atoms with Crippen molar-refractivity contribution in [3.8, 4) is 0 Å². The van der Waals surface area contributed by atoms with Crippen molar-refractivity contribution in [1.29, 1.82) is 0 Å². The van der Waals surface area contributed by atoms with E-state index in [9.17, 15) is 19.5 Å². The summed E-state index contributed by atoms with van der Waals surface area (Å²) in [5.41, 5.74) is -0.439. The van der Waals surface area contributed by atoms with E-state index in [1.807, 2.05) is 51.1 Å². The first-order chi connectivity index (χ1) is 17.6. The summed E-state index contributed by atoms with van der Waals surface area (Å²) in [6.07, 6.45) is 3.06. The number of carbonyl (C=O) groups is 2. The van der Waals surface area contributed by atoms with E-state index < -0.39 is 17.5 Å². The molecule has 2 heterocycles. The first-order valence-corrected chi connectivity index (χ1v) is 13.5. The van der Waals surface area contributed by atoms with Crippen LogP contribution in [0.25, 0.3) is 0 Å². The van der Waals surface area contributed by atoms with Gasteiger partial charge in [0.15, 0.2) is 0 Å². The summed E-state index contributed by atoms with van der Waals surface area (Å²) in [6.45, 7) is 6.38. The number of anilines is 1. The van der Waals surface area contributed by atoms with Crippen LogP contribution in [0.3, 0.4) is 0 Å². The third kappa shape index (κ3) is 9.49. The van der Waals surface area contributed by atoms with Gasteiger partial charge in [-0.25, -0.2) is 9.59 Å². The summed E-state index contributed by atoms with van der Waals surface area (Å²) >= 11 is 1.43. The first kappa shape index (κ1) is 28.7. The highest BCUT2D eigenvalue weighted by molar-refractivity contribution is 8.00. The number of benzene rings is 1. The summed E-state index contributed by atoms with van der Waals surface area (Å²) in [4.78, 5) is 43.0. The number of aliphatic hydroxyl groups is 1. The summed E-state index contributed by atoms with van der Waals surface area (Å²) in [7, 11) is 0. The highest BCUT2D eigenvalue weighted by Crippen LogP contribution is 2.30. The fraction of sp³-hybridized carbons (Fsp3) is 0.538. The number of hydrogen-bond acceptors (Lipinski definition) is 8. The van der Waals surface area contributed by atoms with Crippen molar-refractivity contribution in [3.63, 3.8) is 0 Å². The topological polar surface area (TPSA) is 123 Å². The second-order valence-corrected chi connectivity index (χ2v) is 11.0. The lowest BCUT2D eigenvalue weighted by Gasteiger charge is -2.27. The molecule has 0 bridgehead atoms. The van der Waals surface area contributed by atoms with Crippen molar-refractivity contribution >= 4 is 29.6 Å². The van der Waals surface area contributed by atoms with Crippen molar-refractivity contribution < 1.29 is 24.2 Å². The minimum absolute atomic E-state index is 0.121. The number of aliphatic hydroxyl groups excluding tert-OH is 1. The number of ether oxygens (including phenoxy) is 2. The van der Waals surface area contributed by atoms with Crippen molar-refractivity contribution in [2.75, 3.05) is 24.2 Å². The molecular formula is C26H36N4O6S. The molecule has 1 fully saturated rings. The maximum atomic E-state index is 12.7. The van der Waals surface area contributed by atoms with Crippen LogP contribution in [0, 0.1) is 0 Å². The molecule has 2 amide bonds. The van der Waals surface area contributed by atoms with Crippen LogP contribution >= 0.6 is 11.8 Å². The van der Waals surface area contributed by atoms with Crippen LogP contribution in [0.4, 0.5) is 10.6 Å². The van der Waals surface area contributed by atoms with Gasteiger partial charge in [0, 0.05) is 31.5 Å². The van der Waals surface area contributed by atoms with Gasteiger partial charge < -0.3 is 24.8 Å². The number of unbranched alkanes of at least 4 members (excludes halogenated alkanes) is 2. The van der Waals surface area contributed by atoms with Crippen molar-refractivity contribution in [3.05, 3.63) is 58.6 Å². The Morgan fingerprint density at radius 3 is 2.62 bits per heavy atom. The average Bonchev–Trinajstić information content (AvgIpc) is 3.32. The van der Waals surface area contributed by atoms with Gasteiger partial charge in [-0.1, -0.05) is 36.8 Å². The Morgan fingerprint density at radius 2 is 1.97 bits per heavy atom. The molecule has 11 heteroatoms. The Labute approximate surface area is 221 Å². The van der Waals surface area contributed by atoms with Crippen LogP contribution in [0.5, 0.6) is 0 Å².